The first-order valence-electron chi connectivity index (χ1n) is 7.87. The maximum Gasteiger partial charge on any atom is 0.254 e. The Kier molecular flexibility index (Phi) is 5.23. The molecule has 2 rings (SSSR count). The van der Waals surface area contributed by atoms with Crippen molar-refractivity contribution >= 4 is 11.6 Å². The molecular weight excluding hydrogens is 262 g/mol. The number of carbonyl (C=O) groups excluding carboxylic acids is 1. The van der Waals surface area contributed by atoms with Gasteiger partial charge in [0.2, 0.25) is 0 Å². The Morgan fingerprint density at radius 3 is 2.52 bits per heavy atom. The molecule has 4 heteroatoms. The quantitative estimate of drug-likeness (QED) is 0.895. The third kappa shape index (κ3) is 3.76. The number of piperazine rings is 1. The van der Waals surface area contributed by atoms with Crippen LogP contribution in [0, 0.1) is 12.8 Å². The molecule has 1 saturated heterocycles. The van der Waals surface area contributed by atoms with Crippen molar-refractivity contribution in [1.29, 1.82) is 0 Å². The number of carbonyl (C=O) groups is 1. The molecule has 1 atom stereocenters. The van der Waals surface area contributed by atoms with Gasteiger partial charge >= 0.3 is 0 Å². The topological polar surface area (TPSA) is 44.4 Å². The van der Waals surface area contributed by atoms with Gasteiger partial charge in [-0.2, -0.15) is 0 Å². The normalized spacial score (nSPS) is 16.9. The minimum atomic E-state index is 0.148. The summed E-state index contributed by atoms with van der Waals surface area (Å²) >= 11 is 0. The van der Waals surface area contributed by atoms with Crippen LogP contribution in [0.15, 0.2) is 18.2 Å². The number of rotatable bonds is 4. The summed E-state index contributed by atoms with van der Waals surface area (Å²) in [4.78, 5) is 14.6. The van der Waals surface area contributed by atoms with Crippen LogP contribution in [0.3, 0.4) is 0 Å². The SMILES string of the molecule is Cc1c(NC(C)C(C)C)cccc1C(=O)N1CCNCC1. The third-order valence-corrected chi connectivity index (χ3v) is 4.35. The summed E-state index contributed by atoms with van der Waals surface area (Å²) in [5.41, 5.74) is 2.93. The summed E-state index contributed by atoms with van der Waals surface area (Å²) in [6.07, 6.45) is 0. The summed E-state index contributed by atoms with van der Waals surface area (Å²) in [5.74, 6) is 0.701. The van der Waals surface area contributed by atoms with Crippen LogP contribution in [0.2, 0.25) is 0 Å². The molecular formula is C17H27N3O. The molecule has 1 amide bonds. The smallest absolute Gasteiger partial charge is 0.254 e. The Labute approximate surface area is 127 Å². The Balaban J connectivity index is 2.18. The molecule has 4 nitrogen and oxygen atoms in total. The minimum absolute atomic E-state index is 0.148. The van der Waals surface area contributed by atoms with E-state index >= 15 is 0 Å². The zero-order valence-electron chi connectivity index (χ0n) is 13.6. The van der Waals surface area contributed by atoms with Crippen molar-refractivity contribution in [2.75, 3.05) is 31.5 Å². The summed E-state index contributed by atoms with van der Waals surface area (Å²) in [6, 6.07) is 6.35. The maximum absolute atomic E-state index is 12.7. The van der Waals surface area contributed by atoms with Crippen LogP contribution in [-0.2, 0) is 0 Å². The summed E-state index contributed by atoms with van der Waals surface area (Å²) in [5, 5.41) is 6.80. The summed E-state index contributed by atoms with van der Waals surface area (Å²) in [6.45, 7) is 11.9. The van der Waals surface area contributed by atoms with Gasteiger partial charge in [0.1, 0.15) is 0 Å². The first-order chi connectivity index (χ1) is 10.0. The Morgan fingerprint density at radius 1 is 1.24 bits per heavy atom. The van der Waals surface area contributed by atoms with Gasteiger partial charge in [0.25, 0.3) is 5.91 Å². The van der Waals surface area contributed by atoms with Crippen LogP contribution in [-0.4, -0.2) is 43.0 Å². The van der Waals surface area contributed by atoms with E-state index in [4.69, 9.17) is 0 Å². The van der Waals surface area contributed by atoms with Gasteiger partial charge in [-0.3, -0.25) is 4.79 Å². The van der Waals surface area contributed by atoms with Gasteiger partial charge in [0.15, 0.2) is 0 Å². The number of nitrogens with zero attached hydrogens (tertiary/aromatic N) is 1. The minimum Gasteiger partial charge on any atom is -0.382 e. The molecule has 0 spiro atoms. The van der Waals surface area contributed by atoms with Crippen molar-refractivity contribution in [3.8, 4) is 0 Å². The maximum atomic E-state index is 12.7. The number of hydrogen-bond donors (Lipinski definition) is 2. The number of benzene rings is 1. The van der Waals surface area contributed by atoms with Gasteiger partial charge < -0.3 is 15.5 Å². The Bertz CT molecular complexity index is 493. The lowest BCUT2D eigenvalue weighted by molar-refractivity contribution is 0.0735. The summed E-state index contributed by atoms with van der Waals surface area (Å²) in [7, 11) is 0. The van der Waals surface area contributed by atoms with Crippen LogP contribution < -0.4 is 10.6 Å². The highest BCUT2D eigenvalue weighted by Gasteiger charge is 2.20. The predicted octanol–water partition coefficient (Wildman–Crippen LogP) is 2.50. The van der Waals surface area contributed by atoms with E-state index in [2.05, 4.69) is 37.5 Å². The van der Waals surface area contributed by atoms with E-state index in [1.165, 1.54) is 0 Å². The molecule has 1 unspecified atom stereocenters. The Hall–Kier alpha value is -1.55. The lowest BCUT2D eigenvalue weighted by atomic mass is 10.0. The van der Waals surface area contributed by atoms with E-state index in [9.17, 15) is 4.79 Å². The van der Waals surface area contributed by atoms with Gasteiger partial charge in [-0.1, -0.05) is 19.9 Å². The molecule has 0 aromatic heterocycles. The monoisotopic (exact) mass is 289 g/mol. The molecule has 1 aromatic carbocycles. The van der Waals surface area contributed by atoms with Crippen molar-refractivity contribution in [3.63, 3.8) is 0 Å². The van der Waals surface area contributed by atoms with Crippen molar-refractivity contribution in [3.05, 3.63) is 29.3 Å². The molecule has 116 valence electrons. The van der Waals surface area contributed by atoms with Crippen LogP contribution in [0.25, 0.3) is 0 Å². The average Bonchev–Trinajstić information content (AvgIpc) is 2.49. The van der Waals surface area contributed by atoms with E-state index in [1.807, 2.05) is 24.0 Å². The molecule has 0 radical (unpaired) electrons. The fourth-order valence-corrected chi connectivity index (χ4v) is 2.47. The number of anilines is 1. The highest BCUT2D eigenvalue weighted by atomic mass is 16.2. The average molecular weight is 289 g/mol. The van der Waals surface area contributed by atoms with Gasteiger partial charge in [-0.25, -0.2) is 0 Å². The molecule has 2 N–H and O–H groups in total. The third-order valence-electron chi connectivity index (χ3n) is 4.35. The molecule has 1 heterocycles. The van der Waals surface area contributed by atoms with Crippen LogP contribution >= 0.6 is 0 Å². The van der Waals surface area contributed by atoms with E-state index in [1.54, 1.807) is 0 Å². The van der Waals surface area contributed by atoms with E-state index < -0.39 is 0 Å². The van der Waals surface area contributed by atoms with Crippen LogP contribution in [0.1, 0.15) is 36.7 Å². The van der Waals surface area contributed by atoms with Crippen LogP contribution in [0.4, 0.5) is 5.69 Å². The molecule has 0 bridgehead atoms. The lowest BCUT2D eigenvalue weighted by Crippen LogP contribution is -2.46. The first-order valence-corrected chi connectivity index (χ1v) is 7.87. The van der Waals surface area contributed by atoms with Gasteiger partial charge in [-0.15, -0.1) is 0 Å². The van der Waals surface area contributed by atoms with Gasteiger partial charge in [-0.05, 0) is 37.5 Å². The lowest BCUT2D eigenvalue weighted by Gasteiger charge is -2.28. The number of hydrogen-bond acceptors (Lipinski definition) is 3. The van der Waals surface area contributed by atoms with E-state index in [0.717, 1.165) is 43.0 Å². The number of amides is 1. The van der Waals surface area contributed by atoms with Gasteiger partial charge in [0, 0.05) is 43.5 Å². The van der Waals surface area contributed by atoms with E-state index in [-0.39, 0.29) is 5.91 Å². The fourth-order valence-electron chi connectivity index (χ4n) is 2.47. The molecule has 0 aliphatic carbocycles. The second kappa shape index (κ2) is 6.94. The molecule has 21 heavy (non-hydrogen) atoms. The van der Waals surface area contributed by atoms with Gasteiger partial charge in [0.05, 0.1) is 0 Å². The number of nitrogens with one attached hydrogen (secondary N) is 2. The predicted molar refractivity (Wildman–Crippen MR) is 87.9 cm³/mol. The van der Waals surface area contributed by atoms with Crippen molar-refractivity contribution in [2.45, 2.75) is 33.7 Å². The zero-order chi connectivity index (χ0) is 15.4. The summed E-state index contributed by atoms with van der Waals surface area (Å²) < 4.78 is 0. The van der Waals surface area contributed by atoms with Crippen molar-refractivity contribution < 1.29 is 4.79 Å². The zero-order valence-corrected chi connectivity index (χ0v) is 13.6. The fraction of sp³-hybridized carbons (Fsp3) is 0.588. The molecule has 1 aliphatic heterocycles. The second-order valence-electron chi connectivity index (χ2n) is 6.20. The van der Waals surface area contributed by atoms with Crippen molar-refractivity contribution in [1.82, 2.24) is 10.2 Å². The highest BCUT2D eigenvalue weighted by Crippen LogP contribution is 2.22. The van der Waals surface area contributed by atoms with E-state index in [0.29, 0.717) is 12.0 Å². The standard InChI is InChI=1S/C17H27N3O/c1-12(2)14(4)19-16-7-5-6-15(13(16)3)17(21)20-10-8-18-9-11-20/h5-7,12,14,18-19H,8-11H2,1-4H3. The van der Waals surface area contributed by atoms with Crippen LogP contribution in [0.5, 0.6) is 0 Å². The van der Waals surface area contributed by atoms with Crippen molar-refractivity contribution in [2.24, 2.45) is 5.92 Å². The second-order valence-corrected chi connectivity index (χ2v) is 6.20. The molecule has 0 saturated carbocycles. The molecule has 1 fully saturated rings. The Morgan fingerprint density at radius 2 is 1.90 bits per heavy atom. The highest BCUT2D eigenvalue weighted by molar-refractivity contribution is 5.97. The largest absolute Gasteiger partial charge is 0.382 e. The molecule has 1 aliphatic rings. The molecule has 1 aromatic rings. The first kappa shape index (κ1) is 15.8.